The third-order valence-corrected chi connectivity index (χ3v) is 6.75. The Hall–Kier alpha value is -3.47. The number of amides is 1. The van der Waals surface area contributed by atoms with Crippen molar-refractivity contribution in [2.24, 2.45) is 5.92 Å². The SMILES string of the molecule is C[C@@H]1CN(c2nc(C(C)(C)C)c(/C=C/C(=O)O)cc2C(=O)N(c2cccc(N)n2)[SH](=O)=O)C(C)(C)C1. The minimum atomic E-state index is -3.42. The molecule has 0 aliphatic carbocycles. The first-order valence-electron chi connectivity index (χ1n) is 11.6. The number of nitrogens with two attached hydrogens (primary N) is 1. The standard InChI is InChI=1S/C25H33N5O5S/c1-15-13-25(5,6)29(14-15)22-17(12-16(10-11-20(31)32)21(28-22)24(2,3)4)23(33)30(36(34)35)19-9-7-8-18(26)27-19/h7-12,15,36H,13-14H2,1-6H3,(H2,26,27)(H,31,32)/b11-10+/t15-/m0/s1. The fourth-order valence-electron chi connectivity index (χ4n) is 4.66. The van der Waals surface area contributed by atoms with E-state index in [1.54, 1.807) is 0 Å². The Morgan fingerprint density at radius 2 is 1.92 bits per heavy atom. The van der Waals surface area contributed by atoms with E-state index in [0.717, 1.165) is 12.5 Å². The number of rotatable bonds is 6. The lowest BCUT2D eigenvalue weighted by Crippen LogP contribution is -2.41. The van der Waals surface area contributed by atoms with Gasteiger partial charge in [-0.2, -0.15) is 4.31 Å². The van der Waals surface area contributed by atoms with E-state index >= 15 is 0 Å². The largest absolute Gasteiger partial charge is 0.478 e. The van der Waals surface area contributed by atoms with E-state index in [1.165, 1.54) is 30.3 Å². The molecule has 0 radical (unpaired) electrons. The monoisotopic (exact) mass is 515 g/mol. The summed E-state index contributed by atoms with van der Waals surface area (Å²) in [5.74, 6) is -1.43. The highest BCUT2D eigenvalue weighted by atomic mass is 32.2. The van der Waals surface area contributed by atoms with Gasteiger partial charge in [0.2, 0.25) is 10.9 Å². The fraction of sp³-hybridized carbons (Fsp3) is 0.440. The molecule has 3 heterocycles. The number of hydrogen-bond donors (Lipinski definition) is 3. The van der Waals surface area contributed by atoms with Gasteiger partial charge in [-0.1, -0.05) is 33.8 Å². The number of nitrogen functional groups attached to an aromatic ring is 1. The lowest BCUT2D eigenvalue weighted by Gasteiger charge is -2.35. The van der Waals surface area contributed by atoms with Gasteiger partial charge in [-0.15, -0.1) is 0 Å². The maximum atomic E-state index is 13.9. The molecule has 2 aromatic heterocycles. The first-order chi connectivity index (χ1) is 16.6. The number of hydrogen-bond acceptors (Lipinski definition) is 8. The molecule has 0 aromatic carbocycles. The molecule has 1 atom stereocenters. The number of carboxylic acid groups (broad SMARTS) is 1. The average molecular weight is 516 g/mol. The molecule has 3 rings (SSSR count). The Kier molecular flexibility index (Phi) is 7.45. The van der Waals surface area contributed by atoms with Crippen LogP contribution in [0.25, 0.3) is 6.08 Å². The van der Waals surface area contributed by atoms with Gasteiger partial charge in [0.05, 0.1) is 11.3 Å². The number of carboxylic acids is 1. The molecule has 3 N–H and O–H groups in total. The lowest BCUT2D eigenvalue weighted by molar-refractivity contribution is -0.131. The number of aromatic nitrogens is 2. The summed E-state index contributed by atoms with van der Waals surface area (Å²) in [7, 11) is -3.42. The molecule has 10 nitrogen and oxygen atoms in total. The highest BCUT2D eigenvalue weighted by Crippen LogP contribution is 2.40. The number of pyridine rings is 2. The first kappa shape index (κ1) is 27.1. The van der Waals surface area contributed by atoms with Crippen molar-refractivity contribution < 1.29 is 23.1 Å². The number of carbonyl (C=O) groups excluding carboxylic acids is 1. The summed E-state index contributed by atoms with van der Waals surface area (Å²) >= 11 is 0. The van der Waals surface area contributed by atoms with Gasteiger partial charge in [-0.25, -0.2) is 23.2 Å². The van der Waals surface area contributed by atoms with E-state index in [2.05, 4.69) is 11.9 Å². The van der Waals surface area contributed by atoms with Crippen molar-refractivity contribution in [1.82, 2.24) is 9.97 Å². The molecule has 0 spiro atoms. The molecule has 0 bridgehead atoms. The van der Waals surface area contributed by atoms with E-state index in [-0.39, 0.29) is 22.7 Å². The van der Waals surface area contributed by atoms with Crippen LogP contribution in [0.1, 0.15) is 69.6 Å². The summed E-state index contributed by atoms with van der Waals surface area (Å²) in [5.41, 5.74) is 5.91. The minimum Gasteiger partial charge on any atom is -0.478 e. The second kappa shape index (κ2) is 9.88. The number of thiol groups is 1. The molecule has 2 aromatic rings. The fourth-order valence-corrected chi connectivity index (χ4v) is 5.20. The van der Waals surface area contributed by atoms with Gasteiger partial charge >= 0.3 is 5.97 Å². The quantitative estimate of drug-likeness (QED) is 0.389. The third kappa shape index (κ3) is 5.67. The van der Waals surface area contributed by atoms with Crippen LogP contribution < -0.4 is 14.9 Å². The summed E-state index contributed by atoms with van der Waals surface area (Å²) < 4.78 is 25.2. The molecule has 1 amide bonds. The van der Waals surface area contributed by atoms with E-state index in [4.69, 9.17) is 10.7 Å². The van der Waals surface area contributed by atoms with Gasteiger partial charge in [-0.05, 0) is 56.0 Å². The van der Waals surface area contributed by atoms with Crippen LogP contribution in [0.15, 0.2) is 30.3 Å². The minimum absolute atomic E-state index is 0.0265. The van der Waals surface area contributed by atoms with E-state index in [0.29, 0.717) is 33.8 Å². The summed E-state index contributed by atoms with van der Waals surface area (Å²) in [4.78, 5) is 36.1. The molecule has 0 unspecified atom stereocenters. The van der Waals surface area contributed by atoms with Gasteiger partial charge in [0.25, 0.3) is 5.91 Å². The van der Waals surface area contributed by atoms with Crippen molar-refractivity contribution in [3.8, 4) is 0 Å². The molecule has 11 heteroatoms. The third-order valence-electron chi connectivity index (χ3n) is 6.04. The highest BCUT2D eigenvalue weighted by molar-refractivity contribution is 7.75. The smallest absolute Gasteiger partial charge is 0.328 e. The molecule has 1 saturated heterocycles. The second-order valence-corrected chi connectivity index (χ2v) is 11.6. The van der Waals surface area contributed by atoms with Crippen LogP contribution >= 0.6 is 0 Å². The molecule has 194 valence electrons. The van der Waals surface area contributed by atoms with Crippen LogP contribution in [-0.2, 0) is 21.1 Å². The molecule has 1 fully saturated rings. The van der Waals surface area contributed by atoms with Crippen molar-refractivity contribution >= 4 is 46.3 Å². The summed E-state index contributed by atoms with van der Waals surface area (Å²) in [5, 5.41) is 9.22. The zero-order chi connectivity index (χ0) is 27.0. The molecule has 1 aliphatic heterocycles. The Morgan fingerprint density at radius 1 is 1.25 bits per heavy atom. The molecule has 1 aliphatic rings. The van der Waals surface area contributed by atoms with Crippen LogP contribution in [0.4, 0.5) is 17.5 Å². The Labute approximate surface area is 212 Å². The zero-order valence-corrected chi connectivity index (χ0v) is 22.2. The maximum absolute atomic E-state index is 13.9. The van der Waals surface area contributed by atoms with Crippen molar-refractivity contribution in [2.75, 3.05) is 21.5 Å². The Morgan fingerprint density at radius 3 is 2.42 bits per heavy atom. The van der Waals surface area contributed by atoms with Crippen molar-refractivity contribution in [1.29, 1.82) is 0 Å². The van der Waals surface area contributed by atoms with Gasteiger partial charge in [0.15, 0.2) is 5.82 Å². The number of carbonyl (C=O) groups is 2. The predicted molar refractivity (Wildman–Crippen MR) is 141 cm³/mol. The van der Waals surface area contributed by atoms with Crippen LogP contribution in [0.5, 0.6) is 0 Å². The average Bonchev–Trinajstić information content (AvgIpc) is 3.02. The topological polar surface area (TPSA) is 147 Å². The number of nitrogens with zero attached hydrogens (tertiary/aromatic N) is 4. The zero-order valence-electron chi connectivity index (χ0n) is 21.3. The van der Waals surface area contributed by atoms with Crippen LogP contribution in [-0.4, -0.2) is 47.5 Å². The lowest BCUT2D eigenvalue weighted by atomic mass is 9.87. The molecular weight excluding hydrogens is 482 g/mol. The Balaban J connectivity index is 2.34. The molecule has 0 saturated carbocycles. The van der Waals surface area contributed by atoms with E-state index in [1.807, 2.05) is 39.5 Å². The second-order valence-electron chi connectivity index (χ2n) is 10.7. The molecular formula is C25H33N5O5S. The highest BCUT2D eigenvalue weighted by Gasteiger charge is 2.40. The number of anilines is 3. The van der Waals surface area contributed by atoms with Gasteiger partial charge in [-0.3, -0.25) is 4.79 Å². The van der Waals surface area contributed by atoms with E-state index in [9.17, 15) is 23.1 Å². The maximum Gasteiger partial charge on any atom is 0.328 e. The van der Waals surface area contributed by atoms with Crippen molar-refractivity contribution in [2.45, 2.75) is 58.9 Å². The van der Waals surface area contributed by atoms with Crippen molar-refractivity contribution in [3.05, 3.63) is 47.2 Å². The van der Waals surface area contributed by atoms with Crippen molar-refractivity contribution in [3.63, 3.8) is 0 Å². The van der Waals surface area contributed by atoms with Crippen LogP contribution in [0.3, 0.4) is 0 Å². The van der Waals surface area contributed by atoms with Gasteiger partial charge in [0.1, 0.15) is 11.6 Å². The van der Waals surface area contributed by atoms with Crippen LogP contribution in [0.2, 0.25) is 0 Å². The summed E-state index contributed by atoms with van der Waals surface area (Å²) in [6.07, 6.45) is 3.19. The summed E-state index contributed by atoms with van der Waals surface area (Å²) in [6.45, 7) is 12.6. The Bertz CT molecular complexity index is 1290. The van der Waals surface area contributed by atoms with Crippen LogP contribution in [0, 0.1) is 5.92 Å². The summed E-state index contributed by atoms with van der Waals surface area (Å²) in [6, 6.07) is 5.88. The van der Waals surface area contributed by atoms with E-state index < -0.39 is 28.2 Å². The normalized spacial score (nSPS) is 17.6. The number of aliphatic carboxylic acids is 1. The van der Waals surface area contributed by atoms with Gasteiger partial charge in [0, 0.05) is 23.6 Å². The molecule has 36 heavy (non-hydrogen) atoms. The first-order valence-corrected chi connectivity index (χ1v) is 12.7. The van der Waals surface area contributed by atoms with Gasteiger partial charge < -0.3 is 15.7 Å². The predicted octanol–water partition coefficient (Wildman–Crippen LogP) is 3.25.